The summed E-state index contributed by atoms with van der Waals surface area (Å²) in [7, 11) is 0. The lowest BCUT2D eigenvalue weighted by Gasteiger charge is -2.38. The van der Waals surface area contributed by atoms with Gasteiger partial charge in [-0.25, -0.2) is 0 Å². The van der Waals surface area contributed by atoms with Crippen molar-refractivity contribution in [1.82, 2.24) is 10.3 Å². The number of amides is 1. The van der Waals surface area contributed by atoms with Crippen LogP contribution in [0.3, 0.4) is 0 Å². The molecule has 0 radical (unpaired) electrons. The zero-order valence-electron chi connectivity index (χ0n) is 16.3. The maximum absolute atomic E-state index is 12.7. The molecule has 0 spiro atoms. The molecule has 2 heterocycles. The number of nitrogens with two attached hydrogens (primary N) is 1. The Kier molecular flexibility index (Phi) is 5.05. The normalized spacial score (nSPS) is 19.0. The Morgan fingerprint density at radius 1 is 1.21 bits per heavy atom. The van der Waals surface area contributed by atoms with Crippen LogP contribution in [-0.2, 0) is 0 Å². The van der Waals surface area contributed by atoms with Crippen LogP contribution in [0, 0.1) is 17.2 Å². The molecule has 2 atom stereocenters. The zero-order valence-corrected chi connectivity index (χ0v) is 16.3. The number of nitrogen functional groups attached to an aromatic ring is 1. The largest absolute Gasteiger partial charge is 0.399 e. The van der Waals surface area contributed by atoms with Gasteiger partial charge >= 0.3 is 0 Å². The zero-order chi connectivity index (χ0) is 20.4. The summed E-state index contributed by atoms with van der Waals surface area (Å²) in [5, 5.41) is 13.5. The highest BCUT2D eigenvalue weighted by Crippen LogP contribution is 2.31. The van der Waals surface area contributed by atoms with Gasteiger partial charge in [0.1, 0.15) is 6.07 Å². The number of carbonyl (C=O) groups is 1. The number of rotatable bonds is 3. The van der Waals surface area contributed by atoms with Crippen LogP contribution in [0.4, 0.5) is 11.4 Å². The molecule has 1 fully saturated rings. The molecular formula is C23H23N5O. The van der Waals surface area contributed by atoms with E-state index in [-0.39, 0.29) is 11.9 Å². The van der Waals surface area contributed by atoms with Gasteiger partial charge in [-0.15, -0.1) is 0 Å². The van der Waals surface area contributed by atoms with Gasteiger partial charge in [0.25, 0.3) is 5.91 Å². The molecule has 1 amide bonds. The third-order valence-electron chi connectivity index (χ3n) is 5.38. The number of hydrogen-bond acceptors (Lipinski definition) is 5. The number of carbonyl (C=O) groups excluding carboxylic acids is 1. The summed E-state index contributed by atoms with van der Waals surface area (Å²) in [6.45, 7) is 3.80. The van der Waals surface area contributed by atoms with E-state index < -0.39 is 0 Å². The van der Waals surface area contributed by atoms with Crippen LogP contribution < -0.4 is 16.0 Å². The lowest BCUT2D eigenvalue weighted by Crippen LogP contribution is -2.50. The second-order valence-corrected chi connectivity index (χ2v) is 7.68. The Balaban J connectivity index is 1.58. The standard InChI is InChI=1S/C23H23N5O/c1-15-11-19(27-23(29)16-4-7-18(25)8-5-16)14-28(13-15)21-9-6-17(12-24)22-20(21)3-2-10-26-22/h2-10,15,19H,11,13-14,25H2,1H3,(H,27,29). The van der Waals surface area contributed by atoms with Crippen LogP contribution in [0.2, 0.25) is 0 Å². The summed E-state index contributed by atoms with van der Waals surface area (Å²) in [5.41, 5.74) is 9.30. The molecule has 0 bridgehead atoms. The monoisotopic (exact) mass is 385 g/mol. The fourth-order valence-electron chi connectivity index (χ4n) is 4.08. The van der Waals surface area contributed by atoms with Gasteiger partial charge in [0, 0.05) is 47.7 Å². The molecule has 4 rings (SSSR count). The highest BCUT2D eigenvalue weighted by molar-refractivity contribution is 5.96. The van der Waals surface area contributed by atoms with Crippen molar-refractivity contribution in [2.45, 2.75) is 19.4 Å². The molecule has 1 aliphatic heterocycles. The molecule has 29 heavy (non-hydrogen) atoms. The molecule has 0 aliphatic carbocycles. The Morgan fingerprint density at radius 3 is 2.76 bits per heavy atom. The average Bonchev–Trinajstić information content (AvgIpc) is 2.73. The molecule has 1 saturated heterocycles. The molecule has 3 N–H and O–H groups in total. The predicted octanol–water partition coefficient (Wildman–Crippen LogP) is 3.33. The Labute approximate surface area is 170 Å². The second kappa shape index (κ2) is 7.80. The third kappa shape index (κ3) is 3.85. The summed E-state index contributed by atoms with van der Waals surface area (Å²) in [5.74, 6) is 0.332. The number of fused-ring (bicyclic) bond motifs is 1. The Morgan fingerprint density at radius 2 is 2.00 bits per heavy atom. The van der Waals surface area contributed by atoms with Crippen LogP contribution in [-0.4, -0.2) is 30.0 Å². The number of anilines is 2. The molecule has 6 nitrogen and oxygen atoms in total. The molecule has 1 aromatic heterocycles. The quantitative estimate of drug-likeness (QED) is 0.674. The first-order chi connectivity index (χ1) is 14.0. The van der Waals surface area contributed by atoms with E-state index in [2.05, 4.69) is 28.2 Å². The average molecular weight is 385 g/mol. The number of nitriles is 1. The van der Waals surface area contributed by atoms with E-state index in [1.165, 1.54) is 0 Å². The van der Waals surface area contributed by atoms with Crippen molar-refractivity contribution in [3.8, 4) is 6.07 Å². The molecule has 146 valence electrons. The van der Waals surface area contributed by atoms with Gasteiger partial charge in [-0.2, -0.15) is 5.26 Å². The smallest absolute Gasteiger partial charge is 0.251 e. The van der Waals surface area contributed by atoms with Crippen LogP contribution in [0.15, 0.2) is 54.7 Å². The van der Waals surface area contributed by atoms with Gasteiger partial charge in [-0.05, 0) is 60.9 Å². The maximum atomic E-state index is 12.7. The van der Waals surface area contributed by atoms with Gasteiger partial charge in [-0.1, -0.05) is 6.92 Å². The molecule has 2 aromatic carbocycles. The van der Waals surface area contributed by atoms with Crippen molar-refractivity contribution in [1.29, 1.82) is 5.26 Å². The van der Waals surface area contributed by atoms with Crippen LogP contribution >= 0.6 is 0 Å². The van der Waals surface area contributed by atoms with Crippen molar-refractivity contribution in [2.75, 3.05) is 23.7 Å². The highest BCUT2D eigenvalue weighted by atomic mass is 16.1. The summed E-state index contributed by atoms with van der Waals surface area (Å²) >= 11 is 0. The molecular weight excluding hydrogens is 362 g/mol. The molecule has 3 aromatic rings. The van der Waals surface area contributed by atoms with E-state index in [0.717, 1.165) is 24.0 Å². The topological polar surface area (TPSA) is 95.0 Å². The summed E-state index contributed by atoms with van der Waals surface area (Å²) in [6, 6.07) is 16.9. The minimum Gasteiger partial charge on any atom is -0.399 e. The summed E-state index contributed by atoms with van der Waals surface area (Å²) in [6.07, 6.45) is 2.63. The predicted molar refractivity (Wildman–Crippen MR) is 115 cm³/mol. The van der Waals surface area contributed by atoms with Gasteiger partial charge in [-0.3, -0.25) is 9.78 Å². The van der Waals surface area contributed by atoms with Crippen molar-refractivity contribution >= 4 is 28.2 Å². The van der Waals surface area contributed by atoms with E-state index >= 15 is 0 Å². The van der Waals surface area contributed by atoms with Crippen molar-refractivity contribution in [3.63, 3.8) is 0 Å². The first-order valence-corrected chi connectivity index (χ1v) is 9.74. The number of aromatic nitrogens is 1. The van der Waals surface area contributed by atoms with E-state index in [9.17, 15) is 10.1 Å². The Hall–Kier alpha value is -3.59. The van der Waals surface area contributed by atoms with Crippen molar-refractivity contribution < 1.29 is 4.79 Å². The Bertz CT molecular complexity index is 1090. The summed E-state index contributed by atoms with van der Waals surface area (Å²) < 4.78 is 0. The minimum atomic E-state index is -0.0876. The number of piperidine rings is 1. The van der Waals surface area contributed by atoms with Crippen molar-refractivity contribution in [2.24, 2.45) is 5.92 Å². The van der Waals surface area contributed by atoms with Gasteiger partial charge in [0.05, 0.1) is 11.1 Å². The maximum Gasteiger partial charge on any atom is 0.251 e. The first-order valence-electron chi connectivity index (χ1n) is 9.74. The van der Waals surface area contributed by atoms with Crippen LogP contribution in [0.25, 0.3) is 10.9 Å². The molecule has 0 saturated carbocycles. The molecule has 1 aliphatic rings. The van der Waals surface area contributed by atoms with Gasteiger partial charge in [0.15, 0.2) is 0 Å². The molecule has 2 unspecified atom stereocenters. The SMILES string of the molecule is CC1CC(NC(=O)c2ccc(N)cc2)CN(c2ccc(C#N)c3ncccc23)C1. The van der Waals surface area contributed by atoms with E-state index in [1.54, 1.807) is 30.5 Å². The van der Waals surface area contributed by atoms with Gasteiger partial charge < -0.3 is 16.0 Å². The van der Waals surface area contributed by atoms with Crippen LogP contribution in [0.5, 0.6) is 0 Å². The number of pyridine rings is 1. The first kappa shape index (κ1) is 18.8. The fraction of sp³-hybridized carbons (Fsp3) is 0.261. The highest BCUT2D eigenvalue weighted by Gasteiger charge is 2.27. The van der Waals surface area contributed by atoms with Crippen LogP contribution in [0.1, 0.15) is 29.3 Å². The number of nitrogens with zero attached hydrogens (tertiary/aromatic N) is 3. The fourth-order valence-corrected chi connectivity index (χ4v) is 4.08. The summed E-state index contributed by atoms with van der Waals surface area (Å²) in [4.78, 5) is 19.3. The molecule has 6 heteroatoms. The lowest BCUT2D eigenvalue weighted by molar-refractivity contribution is 0.0929. The number of benzene rings is 2. The van der Waals surface area contributed by atoms with Crippen molar-refractivity contribution in [3.05, 3.63) is 65.9 Å². The van der Waals surface area contributed by atoms with E-state index in [1.807, 2.05) is 24.3 Å². The van der Waals surface area contributed by atoms with E-state index in [4.69, 9.17) is 5.73 Å². The third-order valence-corrected chi connectivity index (χ3v) is 5.38. The number of hydrogen-bond donors (Lipinski definition) is 2. The lowest BCUT2D eigenvalue weighted by atomic mass is 9.94. The second-order valence-electron chi connectivity index (χ2n) is 7.68. The van der Waals surface area contributed by atoms with Gasteiger partial charge in [0.2, 0.25) is 0 Å². The van der Waals surface area contributed by atoms with E-state index in [0.29, 0.717) is 34.8 Å². The minimum absolute atomic E-state index is 0.0335. The number of nitrogens with one attached hydrogen (secondary N) is 1.